The Bertz CT molecular complexity index is 490. The number of unbranched alkanes of at least 4 members (excludes halogenated alkanes) is 2. The number of furan rings is 1. The number of halogens is 1. The molecule has 1 aromatic carbocycles. The smallest absolute Gasteiger partial charge is 0.134 e. The second-order valence-electron chi connectivity index (χ2n) is 4.66. The minimum Gasteiger partial charge on any atom is -0.460 e. The second kappa shape index (κ2) is 7.10. The molecule has 1 aromatic heterocycles. The van der Waals surface area contributed by atoms with Crippen molar-refractivity contribution in [2.75, 3.05) is 6.54 Å². The summed E-state index contributed by atoms with van der Waals surface area (Å²) in [7, 11) is 0. The largest absolute Gasteiger partial charge is 0.460 e. The highest BCUT2D eigenvalue weighted by Crippen LogP contribution is 2.22. The van der Waals surface area contributed by atoms with Crippen molar-refractivity contribution in [1.29, 1.82) is 0 Å². The molecule has 0 aliphatic rings. The monoisotopic (exact) mass is 261 g/mol. The first kappa shape index (κ1) is 13.8. The van der Waals surface area contributed by atoms with Gasteiger partial charge in [0.15, 0.2) is 0 Å². The molecule has 0 bridgehead atoms. The predicted molar refractivity (Wildman–Crippen MR) is 75.3 cm³/mol. The lowest BCUT2D eigenvalue weighted by molar-refractivity contribution is 0.488. The lowest BCUT2D eigenvalue weighted by atomic mass is 10.2. The molecule has 0 radical (unpaired) electrons. The van der Waals surface area contributed by atoms with Crippen molar-refractivity contribution >= 4 is 0 Å². The maximum absolute atomic E-state index is 12.8. The first-order chi connectivity index (χ1) is 9.29. The average molecular weight is 261 g/mol. The van der Waals surface area contributed by atoms with Crippen LogP contribution in [0.25, 0.3) is 11.3 Å². The fraction of sp³-hybridized carbons (Fsp3) is 0.375. The molecule has 1 heterocycles. The molecule has 2 nitrogen and oxygen atoms in total. The fourth-order valence-electron chi connectivity index (χ4n) is 1.95. The highest BCUT2D eigenvalue weighted by atomic mass is 19.1. The molecule has 0 aliphatic carbocycles. The molecular weight excluding hydrogens is 241 g/mol. The van der Waals surface area contributed by atoms with Gasteiger partial charge in [-0.3, -0.25) is 0 Å². The number of benzene rings is 1. The lowest BCUT2D eigenvalue weighted by Crippen LogP contribution is -2.13. The molecule has 0 saturated heterocycles. The Morgan fingerprint density at radius 2 is 1.84 bits per heavy atom. The van der Waals surface area contributed by atoms with Gasteiger partial charge in [0.1, 0.15) is 17.3 Å². The van der Waals surface area contributed by atoms with Gasteiger partial charge in [0.25, 0.3) is 0 Å². The van der Waals surface area contributed by atoms with Gasteiger partial charge in [-0.2, -0.15) is 0 Å². The molecule has 0 amide bonds. The Balaban J connectivity index is 1.86. The Hall–Kier alpha value is -1.61. The van der Waals surface area contributed by atoms with E-state index in [4.69, 9.17) is 4.42 Å². The van der Waals surface area contributed by atoms with E-state index in [9.17, 15) is 4.39 Å². The van der Waals surface area contributed by atoms with Gasteiger partial charge < -0.3 is 9.73 Å². The van der Waals surface area contributed by atoms with Crippen molar-refractivity contribution in [3.63, 3.8) is 0 Å². The van der Waals surface area contributed by atoms with E-state index >= 15 is 0 Å². The Morgan fingerprint density at radius 1 is 1.05 bits per heavy atom. The van der Waals surface area contributed by atoms with Gasteiger partial charge in [0.2, 0.25) is 0 Å². The van der Waals surface area contributed by atoms with Gasteiger partial charge in [-0.15, -0.1) is 0 Å². The summed E-state index contributed by atoms with van der Waals surface area (Å²) in [5, 5.41) is 3.36. The van der Waals surface area contributed by atoms with E-state index in [1.54, 1.807) is 12.1 Å². The first-order valence-electron chi connectivity index (χ1n) is 6.85. The summed E-state index contributed by atoms with van der Waals surface area (Å²) >= 11 is 0. The molecule has 19 heavy (non-hydrogen) atoms. The van der Waals surface area contributed by atoms with Crippen molar-refractivity contribution in [2.45, 2.75) is 32.7 Å². The van der Waals surface area contributed by atoms with Gasteiger partial charge in [-0.25, -0.2) is 4.39 Å². The zero-order chi connectivity index (χ0) is 13.5. The molecule has 0 spiro atoms. The normalized spacial score (nSPS) is 10.8. The second-order valence-corrected chi connectivity index (χ2v) is 4.66. The van der Waals surface area contributed by atoms with Crippen LogP contribution in [-0.4, -0.2) is 6.54 Å². The van der Waals surface area contributed by atoms with Crippen molar-refractivity contribution in [3.8, 4) is 11.3 Å². The van der Waals surface area contributed by atoms with Crippen LogP contribution in [-0.2, 0) is 6.54 Å². The van der Waals surface area contributed by atoms with E-state index in [1.165, 1.54) is 31.4 Å². The molecule has 1 N–H and O–H groups in total. The summed E-state index contributed by atoms with van der Waals surface area (Å²) in [5.74, 6) is 1.47. The molecule has 0 atom stereocenters. The average Bonchev–Trinajstić information content (AvgIpc) is 2.88. The van der Waals surface area contributed by atoms with Crippen molar-refractivity contribution < 1.29 is 8.81 Å². The summed E-state index contributed by atoms with van der Waals surface area (Å²) in [5.41, 5.74) is 0.902. The van der Waals surface area contributed by atoms with Crippen LogP contribution in [0, 0.1) is 5.82 Å². The van der Waals surface area contributed by atoms with Gasteiger partial charge in [-0.05, 0) is 49.4 Å². The minimum atomic E-state index is -0.229. The highest BCUT2D eigenvalue weighted by Gasteiger charge is 2.04. The Labute approximate surface area is 113 Å². The number of rotatable bonds is 7. The summed E-state index contributed by atoms with van der Waals surface area (Å²) in [6.45, 7) is 3.95. The minimum absolute atomic E-state index is 0.229. The van der Waals surface area contributed by atoms with Crippen LogP contribution in [0.3, 0.4) is 0 Å². The molecule has 0 unspecified atom stereocenters. The summed E-state index contributed by atoms with van der Waals surface area (Å²) in [6.07, 6.45) is 3.69. The van der Waals surface area contributed by atoms with E-state index in [2.05, 4.69) is 12.2 Å². The summed E-state index contributed by atoms with van der Waals surface area (Å²) in [6, 6.07) is 10.2. The topological polar surface area (TPSA) is 25.2 Å². The van der Waals surface area contributed by atoms with Crippen molar-refractivity contribution in [2.24, 2.45) is 0 Å². The third kappa shape index (κ3) is 4.21. The van der Waals surface area contributed by atoms with E-state index in [1.807, 2.05) is 12.1 Å². The molecule has 0 saturated carbocycles. The number of hydrogen-bond donors (Lipinski definition) is 1. The summed E-state index contributed by atoms with van der Waals surface area (Å²) in [4.78, 5) is 0. The van der Waals surface area contributed by atoms with E-state index in [-0.39, 0.29) is 5.82 Å². The van der Waals surface area contributed by atoms with Gasteiger partial charge in [-0.1, -0.05) is 19.8 Å². The molecule has 3 heteroatoms. The molecule has 0 aliphatic heterocycles. The van der Waals surface area contributed by atoms with Gasteiger partial charge in [0.05, 0.1) is 6.54 Å². The van der Waals surface area contributed by atoms with E-state index in [0.717, 1.165) is 30.2 Å². The molecule has 102 valence electrons. The maximum atomic E-state index is 12.8. The molecular formula is C16H20FNO. The van der Waals surface area contributed by atoms with E-state index in [0.29, 0.717) is 0 Å². The standard InChI is InChI=1S/C16H20FNO/c1-2-3-4-11-18-12-15-9-10-16(19-15)13-5-7-14(17)8-6-13/h5-10,18H,2-4,11-12H2,1H3. The third-order valence-electron chi connectivity index (χ3n) is 3.05. The third-order valence-corrected chi connectivity index (χ3v) is 3.05. The van der Waals surface area contributed by atoms with Crippen LogP contribution in [0.2, 0.25) is 0 Å². The molecule has 2 rings (SSSR count). The van der Waals surface area contributed by atoms with Crippen LogP contribution in [0.5, 0.6) is 0 Å². The van der Waals surface area contributed by atoms with E-state index < -0.39 is 0 Å². The van der Waals surface area contributed by atoms with Gasteiger partial charge in [0, 0.05) is 5.56 Å². The quantitative estimate of drug-likeness (QED) is 0.749. The zero-order valence-corrected chi connectivity index (χ0v) is 11.3. The molecule has 0 fully saturated rings. The van der Waals surface area contributed by atoms with Crippen molar-refractivity contribution in [3.05, 3.63) is 48.0 Å². The van der Waals surface area contributed by atoms with Crippen LogP contribution in [0.4, 0.5) is 4.39 Å². The molecule has 2 aromatic rings. The fourth-order valence-corrected chi connectivity index (χ4v) is 1.95. The van der Waals surface area contributed by atoms with Crippen LogP contribution >= 0.6 is 0 Å². The zero-order valence-electron chi connectivity index (χ0n) is 11.3. The summed E-state index contributed by atoms with van der Waals surface area (Å²) < 4.78 is 18.6. The Morgan fingerprint density at radius 3 is 2.58 bits per heavy atom. The number of hydrogen-bond acceptors (Lipinski definition) is 2. The van der Waals surface area contributed by atoms with Crippen LogP contribution in [0.15, 0.2) is 40.8 Å². The lowest BCUT2D eigenvalue weighted by Gasteiger charge is -2.01. The highest BCUT2D eigenvalue weighted by molar-refractivity contribution is 5.57. The van der Waals surface area contributed by atoms with Gasteiger partial charge >= 0.3 is 0 Å². The SMILES string of the molecule is CCCCCNCc1ccc(-c2ccc(F)cc2)o1. The predicted octanol–water partition coefficient (Wildman–Crippen LogP) is 4.37. The van der Waals surface area contributed by atoms with Crippen LogP contribution in [0.1, 0.15) is 31.9 Å². The number of nitrogens with one attached hydrogen (secondary N) is 1. The van der Waals surface area contributed by atoms with Crippen LogP contribution < -0.4 is 5.32 Å². The maximum Gasteiger partial charge on any atom is 0.134 e. The Kier molecular flexibility index (Phi) is 5.16. The van der Waals surface area contributed by atoms with Crippen molar-refractivity contribution in [1.82, 2.24) is 5.32 Å². The first-order valence-corrected chi connectivity index (χ1v) is 6.85.